The van der Waals surface area contributed by atoms with Gasteiger partial charge >= 0.3 is 6.09 Å². The minimum atomic E-state index is -0.367. The fourth-order valence-corrected chi connectivity index (χ4v) is 2.41. The Morgan fingerprint density at radius 1 is 1.32 bits per heavy atom. The molecule has 6 heteroatoms. The second-order valence-corrected chi connectivity index (χ2v) is 5.31. The van der Waals surface area contributed by atoms with Crippen molar-refractivity contribution in [2.45, 2.75) is 25.9 Å². The van der Waals surface area contributed by atoms with Crippen LogP contribution in [0.1, 0.15) is 25.5 Å². The number of rotatable bonds is 4. The highest BCUT2D eigenvalue weighted by Gasteiger charge is 2.32. The van der Waals surface area contributed by atoms with Crippen LogP contribution in [-0.2, 0) is 4.74 Å². The van der Waals surface area contributed by atoms with E-state index >= 15 is 0 Å². The predicted molar refractivity (Wildman–Crippen MR) is 83.8 cm³/mol. The number of anilines is 2. The van der Waals surface area contributed by atoms with Crippen LogP contribution in [0.4, 0.5) is 16.6 Å². The molecule has 6 nitrogen and oxygen atoms in total. The Bertz CT molecular complexity index is 662. The van der Waals surface area contributed by atoms with E-state index in [1.54, 1.807) is 17.2 Å². The number of hydrogen-bond acceptors (Lipinski definition) is 5. The summed E-state index contributed by atoms with van der Waals surface area (Å²) in [6.45, 7) is 4.34. The summed E-state index contributed by atoms with van der Waals surface area (Å²) in [4.78, 5) is 22.0. The lowest BCUT2D eigenvalue weighted by Gasteiger charge is -2.18. The Labute approximate surface area is 129 Å². The van der Waals surface area contributed by atoms with E-state index < -0.39 is 0 Å². The second-order valence-electron chi connectivity index (χ2n) is 5.31. The van der Waals surface area contributed by atoms with E-state index in [9.17, 15) is 4.79 Å². The first kappa shape index (κ1) is 14.3. The lowest BCUT2D eigenvalue weighted by Crippen LogP contribution is -2.31. The number of cyclic esters (lactones) is 1. The molecule has 114 valence electrons. The molecule has 2 atom stereocenters. The van der Waals surface area contributed by atoms with Crippen molar-refractivity contribution in [3.05, 3.63) is 48.2 Å². The molecule has 1 aliphatic rings. The molecule has 1 amide bonds. The number of nitrogens with zero attached hydrogens (tertiary/aromatic N) is 3. The zero-order valence-electron chi connectivity index (χ0n) is 12.6. The first-order valence-electron chi connectivity index (χ1n) is 7.25. The van der Waals surface area contributed by atoms with Gasteiger partial charge in [-0.25, -0.2) is 9.78 Å². The number of benzene rings is 1. The fourth-order valence-electron chi connectivity index (χ4n) is 2.41. The average Bonchev–Trinajstić information content (AvgIpc) is 2.87. The van der Waals surface area contributed by atoms with Crippen LogP contribution < -0.4 is 10.2 Å². The van der Waals surface area contributed by atoms with Crippen LogP contribution in [0.2, 0.25) is 0 Å². The summed E-state index contributed by atoms with van der Waals surface area (Å²) in [6.07, 6.45) is 1.27. The molecular formula is C16H18N4O2. The molecule has 2 heterocycles. The van der Waals surface area contributed by atoms with Gasteiger partial charge in [0.25, 0.3) is 0 Å². The van der Waals surface area contributed by atoms with Gasteiger partial charge < -0.3 is 10.1 Å². The Morgan fingerprint density at radius 2 is 2.09 bits per heavy atom. The van der Waals surface area contributed by atoms with Crippen LogP contribution in [0.25, 0.3) is 0 Å². The van der Waals surface area contributed by atoms with Gasteiger partial charge in [-0.1, -0.05) is 30.3 Å². The normalized spacial score (nSPS) is 18.9. The number of carbonyl (C=O) groups excluding carboxylic acids is 1. The Kier molecular flexibility index (Phi) is 3.91. The zero-order valence-corrected chi connectivity index (χ0v) is 12.6. The van der Waals surface area contributed by atoms with Crippen LogP contribution in [0.3, 0.4) is 0 Å². The maximum absolute atomic E-state index is 11.8. The number of aromatic nitrogens is 2. The predicted octanol–water partition coefficient (Wildman–Crippen LogP) is 2.99. The van der Waals surface area contributed by atoms with E-state index in [4.69, 9.17) is 4.74 Å². The van der Waals surface area contributed by atoms with E-state index in [0.29, 0.717) is 18.4 Å². The number of carbonyl (C=O) groups is 1. The van der Waals surface area contributed by atoms with Crippen molar-refractivity contribution in [3.63, 3.8) is 0 Å². The maximum Gasteiger partial charge on any atom is 0.415 e. The van der Waals surface area contributed by atoms with Gasteiger partial charge in [0.15, 0.2) is 0 Å². The summed E-state index contributed by atoms with van der Waals surface area (Å²) in [5.74, 6) is 1.04. The standard InChI is InChI=1S/C16H18N4O2/c1-11-10-22-16(21)20(11)14-8-9-17-15(19-14)18-12(2)13-6-4-3-5-7-13/h3-9,11-12H,10H2,1-2H3,(H,17,18,19)/t11-,12-/m0/s1. The van der Waals surface area contributed by atoms with Gasteiger partial charge in [-0.2, -0.15) is 4.98 Å². The summed E-state index contributed by atoms with van der Waals surface area (Å²) in [5.41, 5.74) is 1.14. The summed E-state index contributed by atoms with van der Waals surface area (Å²) in [6, 6.07) is 11.8. The van der Waals surface area contributed by atoms with Crippen molar-refractivity contribution in [2.24, 2.45) is 0 Å². The molecule has 3 rings (SSSR count). The average molecular weight is 298 g/mol. The molecule has 22 heavy (non-hydrogen) atoms. The third-order valence-corrected chi connectivity index (χ3v) is 3.62. The molecule has 1 aromatic heterocycles. The van der Waals surface area contributed by atoms with Crippen LogP contribution in [0, 0.1) is 0 Å². The smallest absolute Gasteiger partial charge is 0.415 e. The lowest BCUT2D eigenvalue weighted by molar-refractivity contribution is 0.179. The molecular weight excluding hydrogens is 280 g/mol. The Hall–Kier alpha value is -2.63. The van der Waals surface area contributed by atoms with E-state index in [1.165, 1.54) is 0 Å². The van der Waals surface area contributed by atoms with Gasteiger partial charge in [0.2, 0.25) is 5.95 Å². The fraction of sp³-hybridized carbons (Fsp3) is 0.312. The number of ether oxygens (including phenoxy) is 1. The minimum absolute atomic E-state index is 0.0261. The summed E-state index contributed by atoms with van der Waals surface area (Å²) < 4.78 is 5.03. The van der Waals surface area contributed by atoms with Crippen LogP contribution in [0.5, 0.6) is 0 Å². The van der Waals surface area contributed by atoms with Crippen molar-refractivity contribution in [1.29, 1.82) is 0 Å². The third-order valence-electron chi connectivity index (χ3n) is 3.62. The highest BCUT2D eigenvalue weighted by atomic mass is 16.6. The van der Waals surface area contributed by atoms with Gasteiger partial charge in [0.05, 0.1) is 12.1 Å². The van der Waals surface area contributed by atoms with Crippen LogP contribution in [-0.4, -0.2) is 28.7 Å². The van der Waals surface area contributed by atoms with Crippen LogP contribution >= 0.6 is 0 Å². The SMILES string of the molecule is C[C@H](Nc1nccc(N2C(=O)OC[C@@H]2C)n1)c1ccccc1. The molecule has 0 aliphatic carbocycles. The molecule has 1 saturated heterocycles. The van der Waals surface area contributed by atoms with Gasteiger partial charge in [-0.05, 0) is 25.5 Å². The highest BCUT2D eigenvalue weighted by molar-refractivity contribution is 5.89. The summed E-state index contributed by atoms with van der Waals surface area (Å²) >= 11 is 0. The van der Waals surface area contributed by atoms with Crippen molar-refractivity contribution in [3.8, 4) is 0 Å². The Morgan fingerprint density at radius 3 is 2.77 bits per heavy atom. The van der Waals surface area contributed by atoms with E-state index in [1.807, 2.05) is 44.2 Å². The maximum atomic E-state index is 11.8. The molecule has 1 aliphatic heterocycles. The molecule has 0 saturated carbocycles. The molecule has 2 aromatic rings. The minimum Gasteiger partial charge on any atom is -0.447 e. The first-order chi connectivity index (χ1) is 10.6. The molecule has 0 radical (unpaired) electrons. The summed E-state index contributed by atoms with van der Waals surface area (Å²) in [5, 5.41) is 3.25. The van der Waals surface area contributed by atoms with Gasteiger partial charge in [-0.3, -0.25) is 4.90 Å². The molecule has 1 N–H and O–H groups in total. The first-order valence-corrected chi connectivity index (χ1v) is 7.25. The number of amides is 1. The lowest BCUT2D eigenvalue weighted by atomic mass is 10.1. The van der Waals surface area contributed by atoms with Crippen molar-refractivity contribution >= 4 is 17.9 Å². The van der Waals surface area contributed by atoms with E-state index in [-0.39, 0.29) is 18.2 Å². The molecule has 0 spiro atoms. The Balaban J connectivity index is 1.78. The number of nitrogens with one attached hydrogen (secondary N) is 1. The van der Waals surface area contributed by atoms with Gasteiger partial charge in [0.1, 0.15) is 12.4 Å². The molecule has 0 bridgehead atoms. The molecule has 0 unspecified atom stereocenters. The van der Waals surface area contributed by atoms with E-state index in [0.717, 1.165) is 5.56 Å². The quantitative estimate of drug-likeness (QED) is 0.940. The molecule has 1 fully saturated rings. The van der Waals surface area contributed by atoms with Crippen LogP contribution in [0.15, 0.2) is 42.6 Å². The zero-order chi connectivity index (χ0) is 15.5. The van der Waals surface area contributed by atoms with Crippen molar-refractivity contribution < 1.29 is 9.53 Å². The largest absolute Gasteiger partial charge is 0.447 e. The highest BCUT2D eigenvalue weighted by Crippen LogP contribution is 2.22. The number of hydrogen-bond donors (Lipinski definition) is 1. The second kappa shape index (κ2) is 6.01. The molecule has 1 aromatic carbocycles. The topological polar surface area (TPSA) is 67.4 Å². The third kappa shape index (κ3) is 2.86. The summed E-state index contributed by atoms with van der Waals surface area (Å²) in [7, 11) is 0. The van der Waals surface area contributed by atoms with E-state index in [2.05, 4.69) is 15.3 Å². The van der Waals surface area contributed by atoms with Gasteiger partial charge in [-0.15, -0.1) is 0 Å². The van der Waals surface area contributed by atoms with Crippen molar-refractivity contribution in [2.75, 3.05) is 16.8 Å². The van der Waals surface area contributed by atoms with Crippen molar-refractivity contribution in [1.82, 2.24) is 9.97 Å². The van der Waals surface area contributed by atoms with Gasteiger partial charge in [0, 0.05) is 6.20 Å². The monoisotopic (exact) mass is 298 g/mol.